The van der Waals surface area contributed by atoms with E-state index in [-0.39, 0.29) is 5.76 Å². The van der Waals surface area contributed by atoms with Crippen molar-refractivity contribution in [1.29, 1.82) is 0 Å². The fourth-order valence-electron chi connectivity index (χ4n) is 2.18. The second-order valence-corrected chi connectivity index (χ2v) is 6.25. The van der Waals surface area contributed by atoms with Crippen molar-refractivity contribution >= 4 is 29.3 Å². The van der Waals surface area contributed by atoms with Crippen LogP contribution in [0.25, 0.3) is 11.4 Å². The zero-order valence-electron chi connectivity index (χ0n) is 13.0. The largest absolute Gasteiger partial charge is 0.463 e. The number of carbonyl (C=O) groups excluding carboxylic acids is 1. The second kappa shape index (κ2) is 7.11. The number of benzene rings is 1. The van der Waals surface area contributed by atoms with Crippen LogP contribution in [-0.4, -0.2) is 27.8 Å². The minimum atomic E-state index is -0.495. The number of halogens is 1. The molecule has 0 saturated heterocycles. The Hall–Kier alpha value is -2.25. The quantitative estimate of drug-likeness (QED) is 0.507. The van der Waals surface area contributed by atoms with Gasteiger partial charge in [0.15, 0.2) is 11.0 Å². The molecule has 0 aliphatic heterocycles. The molecule has 124 valence electrons. The summed E-state index contributed by atoms with van der Waals surface area (Å²) in [4.78, 5) is 11.6. The van der Waals surface area contributed by atoms with E-state index in [2.05, 4.69) is 10.2 Å². The standard InChI is InChI=1S/C16H14ClN3O3S/c1-20-14(11-5-3-4-6-12(11)17)18-19-16(20)24-9-10-7-8-23-13(10)15(21)22-2/h3-8H,9H2,1-2H3. The Balaban J connectivity index is 1.80. The molecule has 0 aliphatic carbocycles. The number of methoxy groups -OCH3 is 1. The molecule has 0 aliphatic rings. The van der Waals surface area contributed by atoms with Crippen LogP contribution in [0.1, 0.15) is 16.1 Å². The molecule has 6 nitrogen and oxygen atoms in total. The Kier molecular flexibility index (Phi) is 4.92. The first-order valence-corrected chi connectivity index (χ1v) is 8.40. The molecule has 0 spiro atoms. The molecule has 0 amide bonds. The van der Waals surface area contributed by atoms with Crippen LogP contribution in [-0.2, 0) is 17.5 Å². The molecule has 0 radical (unpaired) electrons. The average molecular weight is 364 g/mol. The number of nitrogens with zero attached hydrogens (tertiary/aromatic N) is 3. The minimum absolute atomic E-state index is 0.207. The Morgan fingerprint density at radius 1 is 1.33 bits per heavy atom. The summed E-state index contributed by atoms with van der Waals surface area (Å²) < 4.78 is 11.7. The van der Waals surface area contributed by atoms with Gasteiger partial charge < -0.3 is 13.7 Å². The number of esters is 1. The molecule has 0 fully saturated rings. The Bertz CT molecular complexity index is 875. The minimum Gasteiger partial charge on any atom is -0.463 e. The first kappa shape index (κ1) is 16.6. The van der Waals surface area contributed by atoms with Crippen molar-refractivity contribution in [3.63, 3.8) is 0 Å². The van der Waals surface area contributed by atoms with Gasteiger partial charge in [0.1, 0.15) is 0 Å². The van der Waals surface area contributed by atoms with Gasteiger partial charge in [-0.25, -0.2) is 4.79 Å². The average Bonchev–Trinajstić information content (AvgIpc) is 3.20. The summed E-state index contributed by atoms with van der Waals surface area (Å²) in [5.41, 5.74) is 1.56. The van der Waals surface area contributed by atoms with Crippen LogP contribution in [0.4, 0.5) is 0 Å². The number of thioether (sulfide) groups is 1. The highest BCUT2D eigenvalue weighted by Crippen LogP contribution is 2.30. The molecule has 0 N–H and O–H groups in total. The summed E-state index contributed by atoms with van der Waals surface area (Å²) in [6.45, 7) is 0. The van der Waals surface area contributed by atoms with Crippen molar-refractivity contribution in [2.24, 2.45) is 7.05 Å². The second-order valence-electron chi connectivity index (χ2n) is 4.90. The van der Waals surface area contributed by atoms with E-state index in [4.69, 9.17) is 20.8 Å². The first-order chi connectivity index (χ1) is 11.6. The molecular formula is C16H14ClN3O3S. The van der Waals surface area contributed by atoms with Gasteiger partial charge in [0.2, 0.25) is 5.76 Å². The fraction of sp³-hybridized carbons (Fsp3) is 0.188. The topological polar surface area (TPSA) is 70.2 Å². The van der Waals surface area contributed by atoms with Crippen molar-refractivity contribution in [1.82, 2.24) is 14.8 Å². The summed E-state index contributed by atoms with van der Waals surface area (Å²) in [6, 6.07) is 9.21. The monoisotopic (exact) mass is 363 g/mol. The highest BCUT2D eigenvalue weighted by atomic mass is 35.5. The summed E-state index contributed by atoms with van der Waals surface area (Å²) in [7, 11) is 3.19. The Morgan fingerprint density at radius 3 is 2.88 bits per heavy atom. The highest BCUT2D eigenvalue weighted by molar-refractivity contribution is 7.98. The molecule has 3 aromatic rings. The van der Waals surface area contributed by atoms with Gasteiger partial charge in [-0.15, -0.1) is 10.2 Å². The van der Waals surface area contributed by atoms with Crippen molar-refractivity contribution in [3.8, 4) is 11.4 Å². The molecule has 0 atom stereocenters. The molecule has 24 heavy (non-hydrogen) atoms. The van der Waals surface area contributed by atoms with Gasteiger partial charge in [-0.05, 0) is 18.2 Å². The van der Waals surface area contributed by atoms with E-state index >= 15 is 0 Å². The van der Waals surface area contributed by atoms with Gasteiger partial charge in [0, 0.05) is 23.9 Å². The van der Waals surface area contributed by atoms with Gasteiger partial charge in [-0.2, -0.15) is 0 Å². The number of furan rings is 1. The number of ether oxygens (including phenoxy) is 1. The zero-order valence-corrected chi connectivity index (χ0v) is 14.6. The van der Waals surface area contributed by atoms with Crippen molar-refractivity contribution in [2.75, 3.05) is 7.11 Å². The van der Waals surface area contributed by atoms with E-state index < -0.39 is 5.97 Å². The van der Waals surface area contributed by atoms with E-state index in [0.717, 1.165) is 11.1 Å². The maximum atomic E-state index is 11.6. The van der Waals surface area contributed by atoms with Gasteiger partial charge in [0.25, 0.3) is 0 Å². The van der Waals surface area contributed by atoms with E-state index in [1.165, 1.54) is 25.1 Å². The van der Waals surface area contributed by atoms with E-state index in [1.54, 1.807) is 6.07 Å². The SMILES string of the molecule is COC(=O)c1occc1CSc1nnc(-c2ccccc2Cl)n1C. The highest BCUT2D eigenvalue weighted by Gasteiger charge is 2.18. The van der Waals surface area contributed by atoms with Crippen LogP contribution in [0.2, 0.25) is 5.02 Å². The Morgan fingerprint density at radius 2 is 2.12 bits per heavy atom. The smallest absolute Gasteiger partial charge is 0.374 e. The molecular weight excluding hydrogens is 350 g/mol. The van der Waals surface area contributed by atoms with E-state index in [9.17, 15) is 4.79 Å². The number of carbonyl (C=O) groups is 1. The lowest BCUT2D eigenvalue weighted by Gasteiger charge is -2.05. The van der Waals surface area contributed by atoms with Gasteiger partial charge >= 0.3 is 5.97 Å². The number of aromatic nitrogens is 3. The van der Waals surface area contributed by atoms with E-state index in [0.29, 0.717) is 21.8 Å². The lowest BCUT2D eigenvalue weighted by atomic mass is 10.2. The van der Waals surface area contributed by atoms with Crippen molar-refractivity contribution in [2.45, 2.75) is 10.9 Å². The molecule has 2 heterocycles. The summed E-state index contributed by atoms with van der Waals surface area (Å²) in [5.74, 6) is 0.905. The third kappa shape index (κ3) is 3.18. The molecule has 3 rings (SSSR count). The Labute approximate surface area is 147 Å². The van der Waals surface area contributed by atoms with E-state index in [1.807, 2.05) is 35.9 Å². The lowest BCUT2D eigenvalue weighted by Crippen LogP contribution is -2.02. The fourth-order valence-corrected chi connectivity index (χ4v) is 3.29. The third-order valence-corrected chi connectivity index (χ3v) is 4.82. The van der Waals surface area contributed by atoms with Crippen LogP contribution in [0.3, 0.4) is 0 Å². The lowest BCUT2D eigenvalue weighted by molar-refractivity contribution is 0.0564. The van der Waals surface area contributed by atoms with Crippen molar-refractivity contribution < 1.29 is 13.9 Å². The van der Waals surface area contributed by atoms with Crippen LogP contribution < -0.4 is 0 Å². The maximum absolute atomic E-state index is 11.6. The normalized spacial score (nSPS) is 10.8. The predicted molar refractivity (Wildman–Crippen MR) is 91.1 cm³/mol. The summed E-state index contributed by atoms with van der Waals surface area (Å²) in [5, 5.41) is 9.74. The molecule has 0 bridgehead atoms. The molecule has 2 aromatic heterocycles. The van der Waals surface area contributed by atoms with Crippen LogP contribution >= 0.6 is 23.4 Å². The number of rotatable bonds is 5. The first-order valence-electron chi connectivity index (χ1n) is 7.03. The van der Waals surface area contributed by atoms with Gasteiger partial charge in [-0.3, -0.25) is 0 Å². The summed E-state index contributed by atoms with van der Waals surface area (Å²) >= 11 is 7.66. The molecule has 8 heteroatoms. The zero-order chi connectivity index (χ0) is 17.1. The van der Waals surface area contributed by atoms with Gasteiger partial charge in [0.05, 0.1) is 18.4 Å². The molecule has 0 saturated carbocycles. The van der Waals surface area contributed by atoms with Crippen LogP contribution in [0, 0.1) is 0 Å². The van der Waals surface area contributed by atoms with Crippen LogP contribution in [0.15, 0.2) is 46.2 Å². The number of hydrogen-bond acceptors (Lipinski definition) is 6. The van der Waals surface area contributed by atoms with Gasteiger partial charge in [-0.1, -0.05) is 35.5 Å². The predicted octanol–water partition coefficient (Wildman–Crippen LogP) is 3.81. The molecule has 1 aromatic carbocycles. The maximum Gasteiger partial charge on any atom is 0.374 e. The van der Waals surface area contributed by atoms with Crippen molar-refractivity contribution in [3.05, 3.63) is 52.9 Å². The number of hydrogen-bond donors (Lipinski definition) is 0. The summed E-state index contributed by atoms with van der Waals surface area (Å²) in [6.07, 6.45) is 1.47. The molecule has 0 unspecified atom stereocenters. The van der Waals surface area contributed by atoms with Crippen LogP contribution in [0.5, 0.6) is 0 Å². The third-order valence-electron chi connectivity index (χ3n) is 3.42.